The van der Waals surface area contributed by atoms with E-state index < -0.39 is 22.0 Å². The lowest BCUT2D eigenvalue weighted by molar-refractivity contribution is 0.102. The molecule has 1 N–H and O–H groups in total. The van der Waals surface area contributed by atoms with Crippen LogP contribution in [-0.4, -0.2) is 35.4 Å². The maximum Gasteiger partial charge on any atom is 0.286 e. The van der Waals surface area contributed by atoms with Crippen LogP contribution in [0.1, 0.15) is 39.3 Å². The van der Waals surface area contributed by atoms with E-state index in [-0.39, 0.29) is 9.90 Å². The average molecular weight is 463 g/mol. The standard InChI is InChI=1S/C20H19ClN4O3S2/c1-13-4-2-5-16(12-13)30(27,28)25-11-3-6-17(25)19-23-24-20(29-19)18(26)22-15-9-7-14(21)8-10-15/h2,4-5,7-10,12,17H,3,6,11H2,1H3,(H,22,26). The first-order chi connectivity index (χ1) is 14.3. The molecule has 0 saturated carbocycles. The molecule has 4 rings (SSSR count). The molecule has 156 valence electrons. The lowest BCUT2D eigenvalue weighted by Gasteiger charge is -2.22. The molecule has 10 heteroatoms. The van der Waals surface area contributed by atoms with Crippen molar-refractivity contribution in [3.05, 3.63) is 69.1 Å². The topological polar surface area (TPSA) is 92.3 Å². The maximum atomic E-state index is 13.2. The largest absolute Gasteiger partial charge is 0.320 e. The monoisotopic (exact) mass is 462 g/mol. The van der Waals surface area contributed by atoms with E-state index in [9.17, 15) is 13.2 Å². The van der Waals surface area contributed by atoms with Crippen LogP contribution in [-0.2, 0) is 10.0 Å². The van der Waals surface area contributed by atoms with E-state index >= 15 is 0 Å². The van der Waals surface area contributed by atoms with Gasteiger partial charge < -0.3 is 5.32 Å². The molecular weight excluding hydrogens is 444 g/mol. The molecule has 7 nitrogen and oxygen atoms in total. The van der Waals surface area contributed by atoms with Crippen molar-refractivity contribution in [2.24, 2.45) is 0 Å². The Bertz CT molecular complexity index is 1180. The molecule has 2 aromatic carbocycles. The van der Waals surface area contributed by atoms with Crippen molar-refractivity contribution in [3.8, 4) is 0 Å². The van der Waals surface area contributed by atoms with E-state index in [4.69, 9.17) is 11.6 Å². The van der Waals surface area contributed by atoms with E-state index in [2.05, 4.69) is 15.5 Å². The summed E-state index contributed by atoms with van der Waals surface area (Å²) in [6, 6.07) is 13.2. The summed E-state index contributed by atoms with van der Waals surface area (Å²) >= 11 is 6.97. The highest BCUT2D eigenvalue weighted by atomic mass is 35.5. The number of nitrogens with zero attached hydrogens (tertiary/aromatic N) is 3. The Morgan fingerprint density at radius 3 is 2.70 bits per heavy atom. The average Bonchev–Trinajstić information content (AvgIpc) is 3.39. The highest BCUT2D eigenvalue weighted by Gasteiger charge is 2.38. The van der Waals surface area contributed by atoms with E-state index in [1.54, 1.807) is 42.5 Å². The number of aryl methyl sites for hydroxylation is 1. The summed E-state index contributed by atoms with van der Waals surface area (Å²) in [6.45, 7) is 2.27. The van der Waals surface area contributed by atoms with Crippen LogP contribution in [0.3, 0.4) is 0 Å². The Kier molecular flexibility index (Phi) is 5.88. The number of benzene rings is 2. The summed E-state index contributed by atoms with van der Waals surface area (Å²) in [4.78, 5) is 12.8. The third kappa shape index (κ3) is 4.24. The second-order valence-electron chi connectivity index (χ2n) is 7.00. The molecule has 3 aromatic rings. The minimum atomic E-state index is -3.66. The number of carbonyl (C=O) groups excluding carboxylic acids is 1. The summed E-state index contributed by atoms with van der Waals surface area (Å²) in [5.41, 5.74) is 1.47. The van der Waals surface area contributed by atoms with Crippen LogP contribution in [0, 0.1) is 6.92 Å². The highest BCUT2D eigenvalue weighted by Crippen LogP contribution is 2.37. The van der Waals surface area contributed by atoms with Crippen molar-refractivity contribution in [3.63, 3.8) is 0 Å². The summed E-state index contributed by atoms with van der Waals surface area (Å²) < 4.78 is 27.8. The number of nitrogens with one attached hydrogen (secondary N) is 1. The van der Waals surface area contributed by atoms with Gasteiger partial charge in [0.25, 0.3) is 5.91 Å². The molecular formula is C20H19ClN4O3S2. The Balaban J connectivity index is 1.55. The highest BCUT2D eigenvalue weighted by molar-refractivity contribution is 7.89. The predicted molar refractivity (Wildman–Crippen MR) is 116 cm³/mol. The third-order valence-corrected chi connectivity index (χ3v) is 8.00. The van der Waals surface area contributed by atoms with E-state index in [1.807, 2.05) is 13.0 Å². The molecule has 1 saturated heterocycles. The molecule has 1 aliphatic heterocycles. The van der Waals surface area contributed by atoms with Gasteiger partial charge in [-0.3, -0.25) is 4.79 Å². The van der Waals surface area contributed by atoms with Gasteiger partial charge in [0.1, 0.15) is 5.01 Å². The van der Waals surface area contributed by atoms with Gasteiger partial charge in [-0.25, -0.2) is 8.42 Å². The fourth-order valence-corrected chi connectivity index (χ4v) is 6.21. The number of sulfonamides is 1. The minimum absolute atomic E-state index is 0.180. The van der Waals surface area contributed by atoms with Crippen LogP contribution in [0.25, 0.3) is 0 Å². The van der Waals surface area contributed by atoms with Crippen molar-refractivity contribution in [1.29, 1.82) is 0 Å². The second-order valence-corrected chi connectivity index (χ2v) is 10.3. The smallest absolute Gasteiger partial charge is 0.286 e. The van der Waals surface area contributed by atoms with Gasteiger partial charge >= 0.3 is 0 Å². The number of halogens is 1. The van der Waals surface area contributed by atoms with Gasteiger partial charge in [-0.1, -0.05) is 35.1 Å². The number of aromatic nitrogens is 2. The maximum absolute atomic E-state index is 13.2. The Morgan fingerprint density at radius 1 is 1.20 bits per heavy atom. The third-order valence-electron chi connectivity index (χ3n) is 4.82. The first kappa shape index (κ1) is 20.9. The lowest BCUT2D eigenvalue weighted by atomic mass is 10.2. The first-order valence-electron chi connectivity index (χ1n) is 9.33. The minimum Gasteiger partial charge on any atom is -0.320 e. The molecule has 1 aromatic heterocycles. The molecule has 2 heterocycles. The zero-order valence-electron chi connectivity index (χ0n) is 16.1. The van der Waals surface area contributed by atoms with Crippen molar-refractivity contribution in [2.75, 3.05) is 11.9 Å². The van der Waals surface area contributed by atoms with E-state index in [0.29, 0.717) is 28.7 Å². The van der Waals surface area contributed by atoms with Crippen molar-refractivity contribution in [2.45, 2.75) is 30.7 Å². The molecule has 0 bridgehead atoms. The SMILES string of the molecule is Cc1cccc(S(=O)(=O)N2CCCC2c2nnc(C(=O)Nc3ccc(Cl)cc3)s2)c1. The molecule has 30 heavy (non-hydrogen) atoms. The Hall–Kier alpha value is -2.33. The predicted octanol–water partition coefficient (Wildman–Crippen LogP) is 4.28. The summed E-state index contributed by atoms with van der Waals surface area (Å²) in [6.07, 6.45) is 1.36. The number of hydrogen-bond donors (Lipinski definition) is 1. The summed E-state index contributed by atoms with van der Waals surface area (Å²) in [5.74, 6) is -0.396. The molecule has 1 atom stereocenters. The van der Waals surface area contributed by atoms with Gasteiger partial charge in [0.15, 0.2) is 0 Å². The van der Waals surface area contributed by atoms with Crippen molar-refractivity contribution >= 4 is 44.6 Å². The van der Waals surface area contributed by atoms with Crippen molar-refractivity contribution < 1.29 is 13.2 Å². The van der Waals surface area contributed by atoms with Crippen LogP contribution in [0.15, 0.2) is 53.4 Å². The molecule has 1 aliphatic rings. The van der Waals surface area contributed by atoms with Gasteiger partial charge in [0, 0.05) is 17.3 Å². The fourth-order valence-electron chi connectivity index (χ4n) is 3.36. The van der Waals surface area contributed by atoms with Crippen LogP contribution < -0.4 is 5.32 Å². The lowest BCUT2D eigenvalue weighted by Crippen LogP contribution is -2.30. The van der Waals surface area contributed by atoms with Gasteiger partial charge in [-0.15, -0.1) is 10.2 Å². The van der Waals surface area contributed by atoms with Gasteiger partial charge in [-0.05, 0) is 61.7 Å². The number of hydrogen-bond acceptors (Lipinski definition) is 6. The van der Waals surface area contributed by atoms with Crippen LogP contribution in [0.2, 0.25) is 5.02 Å². The van der Waals surface area contributed by atoms with E-state index in [0.717, 1.165) is 23.3 Å². The van der Waals surface area contributed by atoms with E-state index in [1.165, 1.54) is 4.31 Å². The zero-order valence-corrected chi connectivity index (χ0v) is 18.5. The molecule has 0 aliphatic carbocycles. The van der Waals surface area contributed by atoms with Gasteiger partial charge in [0.05, 0.1) is 10.9 Å². The molecule has 1 fully saturated rings. The van der Waals surface area contributed by atoms with Crippen molar-refractivity contribution in [1.82, 2.24) is 14.5 Å². The number of carbonyl (C=O) groups is 1. The molecule has 0 radical (unpaired) electrons. The Morgan fingerprint density at radius 2 is 1.97 bits per heavy atom. The number of anilines is 1. The summed E-state index contributed by atoms with van der Waals surface area (Å²) in [7, 11) is -3.66. The first-order valence-corrected chi connectivity index (χ1v) is 12.0. The van der Waals surface area contributed by atoms with Crippen LogP contribution in [0.5, 0.6) is 0 Å². The zero-order chi connectivity index (χ0) is 21.3. The molecule has 0 spiro atoms. The fraction of sp³-hybridized carbons (Fsp3) is 0.250. The van der Waals surface area contributed by atoms with Crippen LogP contribution in [0.4, 0.5) is 5.69 Å². The number of rotatable bonds is 5. The quantitative estimate of drug-likeness (QED) is 0.611. The summed E-state index contributed by atoms with van der Waals surface area (Å²) in [5, 5.41) is 12.1. The molecule has 1 unspecified atom stereocenters. The van der Waals surface area contributed by atoms with Gasteiger partial charge in [-0.2, -0.15) is 4.31 Å². The molecule has 1 amide bonds. The Labute approximate surface area is 183 Å². The normalized spacial score (nSPS) is 17.2. The van der Waals surface area contributed by atoms with Crippen LogP contribution >= 0.6 is 22.9 Å². The number of amides is 1. The second kappa shape index (κ2) is 8.43. The van der Waals surface area contributed by atoms with Gasteiger partial charge in [0.2, 0.25) is 15.0 Å².